The topological polar surface area (TPSA) is 26.3 Å². The predicted molar refractivity (Wildman–Crippen MR) is 57.3 cm³/mol. The Labute approximate surface area is 87.6 Å². The molecule has 2 rings (SSSR count). The van der Waals surface area contributed by atoms with Crippen LogP contribution in [0.1, 0.15) is 34.7 Å². The Kier molecular flexibility index (Phi) is 2.77. The van der Waals surface area contributed by atoms with Gasteiger partial charge in [-0.15, -0.1) is 11.8 Å². The van der Waals surface area contributed by atoms with E-state index < -0.39 is 0 Å². The molecule has 14 heavy (non-hydrogen) atoms. The molecule has 1 atom stereocenters. The van der Waals surface area contributed by atoms with Crippen molar-refractivity contribution in [2.24, 2.45) is 0 Å². The van der Waals surface area contributed by atoms with E-state index >= 15 is 0 Å². The van der Waals surface area contributed by atoms with Crippen LogP contribution in [0.25, 0.3) is 0 Å². The quantitative estimate of drug-likeness (QED) is 0.714. The number of thioether (sulfide) groups is 1. The standard InChI is InChI=1S/C11H12O2S/c1-2-7-14-11-9-6-4-3-5-8(9)10(12)13-11/h3-6,11H,2,7H2,1H3. The van der Waals surface area contributed by atoms with Crippen molar-refractivity contribution in [1.82, 2.24) is 0 Å². The van der Waals surface area contributed by atoms with Gasteiger partial charge in [-0.2, -0.15) is 0 Å². The monoisotopic (exact) mass is 208 g/mol. The molecular weight excluding hydrogens is 196 g/mol. The van der Waals surface area contributed by atoms with Crippen molar-refractivity contribution < 1.29 is 9.53 Å². The van der Waals surface area contributed by atoms with Crippen LogP contribution in [0.3, 0.4) is 0 Å². The van der Waals surface area contributed by atoms with E-state index in [9.17, 15) is 4.79 Å². The highest BCUT2D eigenvalue weighted by atomic mass is 32.2. The highest BCUT2D eigenvalue weighted by molar-refractivity contribution is 7.99. The van der Waals surface area contributed by atoms with Gasteiger partial charge >= 0.3 is 5.97 Å². The maximum Gasteiger partial charge on any atom is 0.340 e. The maximum atomic E-state index is 11.4. The zero-order valence-corrected chi connectivity index (χ0v) is 8.84. The van der Waals surface area contributed by atoms with Crippen LogP contribution in [0.5, 0.6) is 0 Å². The summed E-state index contributed by atoms with van der Waals surface area (Å²) in [4.78, 5) is 11.4. The first kappa shape index (κ1) is 9.59. The van der Waals surface area contributed by atoms with E-state index in [1.165, 1.54) is 0 Å². The number of esters is 1. The van der Waals surface area contributed by atoms with Crippen molar-refractivity contribution in [2.75, 3.05) is 5.75 Å². The van der Waals surface area contributed by atoms with Crippen LogP contribution >= 0.6 is 11.8 Å². The van der Waals surface area contributed by atoms with Gasteiger partial charge in [0.15, 0.2) is 5.44 Å². The van der Waals surface area contributed by atoms with Crippen molar-refractivity contribution in [3.05, 3.63) is 35.4 Å². The normalized spacial score (nSPS) is 19.2. The van der Waals surface area contributed by atoms with Crippen LogP contribution < -0.4 is 0 Å². The van der Waals surface area contributed by atoms with Crippen LogP contribution in [0, 0.1) is 0 Å². The summed E-state index contributed by atoms with van der Waals surface area (Å²) in [6, 6.07) is 7.60. The highest BCUT2D eigenvalue weighted by Gasteiger charge is 2.30. The van der Waals surface area contributed by atoms with E-state index in [4.69, 9.17) is 4.74 Å². The van der Waals surface area contributed by atoms with Crippen LogP contribution in [-0.4, -0.2) is 11.7 Å². The molecule has 0 saturated heterocycles. The Morgan fingerprint density at radius 3 is 3.00 bits per heavy atom. The van der Waals surface area contributed by atoms with Gasteiger partial charge in [0.05, 0.1) is 5.56 Å². The van der Waals surface area contributed by atoms with E-state index in [1.807, 2.05) is 24.3 Å². The molecule has 0 amide bonds. The smallest absolute Gasteiger partial charge is 0.340 e. The van der Waals surface area contributed by atoms with Gasteiger partial charge in [0.1, 0.15) is 0 Å². The van der Waals surface area contributed by atoms with Gasteiger partial charge in [0.2, 0.25) is 0 Å². The van der Waals surface area contributed by atoms with Gasteiger partial charge in [-0.1, -0.05) is 25.1 Å². The molecule has 0 spiro atoms. The number of carbonyl (C=O) groups excluding carboxylic acids is 1. The van der Waals surface area contributed by atoms with Gasteiger partial charge in [-0.3, -0.25) is 0 Å². The first-order valence-corrected chi connectivity index (χ1v) is 5.79. The molecule has 1 heterocycles. The van der Waals surface area contributed by atoms with Gasteiger partial charge in [-0.05, 0) is 18.2 Å². The molecule has 1 aliphatic heterocycles. The molecule has 0 bridgehead atoms. The molecule has 1 aromatic rings. The van der Waals surface area contributed by atoms with Crippen molar-refractivity contribution >= 4 is 17.7 Å². The zero-order valence-electron chi connectivity index (χ0n) is 8.03. The van der Waals surface area contributed by atoms with Gasteiger partial charge in [0.25, 0.3) is 0 Å². The summed E-state index contributed by atoms with van der Waals surface area (Å²) in [5, 5.41) is 0. The van der Waals surface area contributed by atoms with E-state index in [0.717, 1.165) is 23.3 Å². The van der Waals surface area contributed by atoms with Crippen LogP contribution in [0.4, 0.5) is 0 Å². The number of carbonyl (C=O) groups is 1. The molecule has 0 aliphatic carbocycles. The lowest BCUT2D eigenvalue weighted by atomic mass is 10.1. The Balaban J connectivity index is 2.21. The molecular formula is C11H12O2S. The SMILES string of the molecule is CCCSC1OC(=O)c2ccccc21. The minimum Gasteiger partial charge on any atom is -0.443 e. The van der Waals surface area contributed by atoms with Crippen LogP contribution in [-0.2, 0) is 4.74 Å². The second-order valence-electron chi connectivity index (χ2n) is 3.20. The number of rotatable bonds is 3. The summed E-state index contributed by atoms with van der Waals surface area (Å²) < 4.78 is 5.26. The third-order valence-corrected chi connectivity index (χ3v) is 3.42. The number of hydrogen-bond acceptors (Lipinski definition) is 3. The summed E-state index contributed by atoms with van der Waals surface area (Å²) in [5.74, 6) is 0.834. The molecule has 3 heteroatoms. The van der Waals surface area contributed by atoms with Gasteiger partial charge < -0.3 is 4.74 Å². The lowest BCUT2D eigenvalue weighted by molar-refractivity contribution is 0.0522. The summed E-state index contributed by atoms with van der Waals surface area (Å²) in [5.41, 5.74) is 1.66. The van der Waals surface area contributed by atoms with Crippen molar-refractivity contribution in [3.8, 4) is 0 Å². The van der Waals surface area contributed by atoms with E-state index in [-0.39, 0.29) is 11.4 Å². The Bertz CT molecular complexity index is 349. The second-order valence-corrected chi connectivity index (χ2v) is 4.37. The molecule has 74 valence electrons. The second kappa shape index (κ2) is 4.05. The Morgan fingerprint density at radius 1 is 1.43 bits per heavy atom. The molecule has 0 saturated carbocycles. The number of ether oxygens (including phenoxy) is 1. The predicted octanol–water partition coefficient (Wildman–Crippen LogP) is 3.00. The number of cyclic esters (lactones) is 1. The third kappa shape index (κ3) is 1.64. The van der Waals surface area contributed by atoms with E-state index in [0.29, 0.717) is 0 Å². The molecule has 1 aliphatic rings. The average Bonchev–Trinajstić information content (AvgIpc) is 2.54. The summed E-state index contributed by atoms with van der Waals surface area (Å²) in [6.07, 6.45) is 1.10. The minimum atomic E-state index is -0.186. The third-order valence-electron chi connectivity index (χ3n) is 2.12. The highest BCUT2D eigenvalue weighted by Crippen LogP contribution is 2.38. The minimum absolute atomic E-state index is 0.0846. The number of hydrogen-bond donors (Lipinski definition) is 0. The molecule has 0 radical (unpaired) electrons. The first-order valence-electron chi connectivity index (χ1n) is 4.74. The largest absolute Gasteiger partial charge is 0.443 e. The Hall–Kier alpha value is -0.960. The zero-order chi connectivity index (χ0) is 9.97. The fourth-order valence-electron chi connectivity index (χ4n) is 1.46. The fourth-order valence-corrected chi connectivity index (χ4v) is 2.45. The lowest BCUT2D eigenvalue weighted by Crippen LogP contribution is -1.95. The summed E-state index contributed by atoms with van der Waals surface area (Å²) in [6.45, 7) is 2.12. The average molecular weight is 208 g/mol. The first-order chi connectivity index (χ1) is 6.83. The maximum absolute atomic E-state index is 11.4. The van der Waals surface area contributed by atoms with Gasteiger partial charge in [-0.25, -0.2) is 4.79 Å². The van der Waals surface area contributed by atoms with E-state index in [1.54, 1.807) is 11.8 Å². The number of benzene rings is 1. The molecule has 0 aromatic heterocycles. The summed E-state index contributed by atoms with van der Waals surface area (Å²) in [7, 11) is 0. The molecule has 1 unspecified atom stereocenters. The van der Waals surface area contributed by atoms with Crippen molar-refractivity contribution in [2.45, 2.75) is 18.8 Å². The number of fused-ring (bicyclic) bond motifs is 1. The van der Waals surface area contributed by atoms with E-state index in [2.05, 4.69) is 6.92 Å². The fraction of sp³-hybridized carbons (Fsp3) is 0.364. The molecule has 0 fully saturated rings. The molecule has 1 aromatic carbocycles. The lowest BCUT2D eigenvalue weighted by Gasteiger charge is -2.08. The van der Waals surface area contributed by atoms with Crippen molar-refractivity contribution in [3.63, 3.8) is 0 Å². The van der Waals surface area contributed by atoms with Gasteiger partial charge in [0, 0.05) is 5.56 Å². The van der Waals surface area contributed by atoms with Crippen molar-refractivity contribution in [1.29, 1.82) is 0 Å². The molecule has 0 N–H and O–H groups in total. The van der Waals surface area contributed by atoms with Crippen LogP contribution in [0.15, 0.2) is 24.3 Å². The molecule has 2 nitrogen and oxygen atoms in total. The Morgan fingerprint density at radius 2 is 2.21 bits per heavy atom. The summed E-state index contributed by atoms with van der Waals surface area (Å²) >= 11 is 1.69. The van der Waals surface area contributed by atoms with Crippen LogP contribution in [0.2, 0.25) is 0 Å².